The van der Waals surface area contributed by atoms with Gasteiger partial charge in [-0.1, -0.05) is 19.1 Å². The average molecular weight is 200 g/mol. The van der Waals surface area contributed by atoms with Gasteiger partial charge in [-0.25, -0.2) is 0 Å². The maximum atomic E-state index is 5.58. The van der Waals surface area contributed by atoms with Crippen LogP contribution in [0.25, 0.3) is 0 Å². The zero-order valence-corrected chi connectivity index (χ0v) is 8.55. The molecule has 15 heavy (non-hydrogen) atoms. The van der Waals surface area contributed by atoms with E-state index < -0.39 is 0 Å². The maximum absolute atomic E-state index is 5.58. The second kappa shape index (κ2) is 4.55. The Morgan fingerprint density at radius 2 is 1.80 bits per heavy atom. The van der Waals surface area contributed by atoms with Crippen molar-refractivity contribution >= 4 is 0 Å². The summed E-state index contributed by atoms with van der Waals surface area (Å²) >= 11 is 0. The molecular weight excluding hydrogens is 188 g/mol. The second-order valence-electron chi connectivity index (χ2n) is 3.18. The van der Waals surface area contributed by atoms with E-state index in [4.69, 9.17) is 4.74 Å². The molecule has 1 aromatic heterocycles. The molecule has 1 heterocycles. The van der Waals surface area contributed by atoms with Gasteiger partial charge >= 0.3 is 0 Å². The van der Waals surface area contributed by atoms with Gasteiger partial charge in [-0.05, 0) is 24.1 Å². The average Bonchev–Trinajstić information content (AvgIpc) is 2.31. The molecule has 0 aliphatic rings. The highest BCUT2D eigenvalue weighted by molar-refractivity contribution is 5.31. The van der Waals surface area contributed by atoms with Crippen LogP contribution < -0.4 is 4.74 Å². The molecule has 3 nitrogen and oxygen atoms in total. The Bertz CT molecular complexity index is 411. The molecule has 0 saturated carbocycles. The monoisotopic (exact) mass is 200 g/mol. The van der Waals surface area contributed by atoms with Crippen molar-refractivity contribution in [1.29, 1.82) is 0 Å². The fraction of sp³-hybridized carbons (Fsp3) is 0.167. The van der Waals surface area contributed by atoms with E-state index >= 15 is 0 Å². The summed E-state index contributed by atoms with van der Waals surface area (Å²) in [6.07, 6.45) is 4.24. The highest BCUT2D eigenvalue weighted by atomic mass is 16.5. The van der Waals surface area contributed by atoms with E-state index in [1.54, 1.807) is 18.5 Å². The molecule has 76 valence electrons. The van der Waals surface area contributed by atoms with Gasteiger partial charge in [0.25, 0.3) is 0 Å². The first-order valence-electron chi connectivity index (χ1n) is 4.92. The van der Waals surface area contributed by atoms with Gasteiger partial charge in [-0.3, -0.25) is 0 Å². The third-order valence-electron chi connectivity index (χ3n) is 2.12. The molecule has 2 aromatic rings. The molecule has 1 aromatic carbocycles. The van der Waals surface area contributed by atoms with Crippen LogP contribution in [0.15, 0.2) is 42.7 Å². The molecule has 0 spiro atoms. The first-order valence-corrected chi connectivity index (χ1v) is 4.92. The summed E-state index contributed by atoms with van der Waals surface area (Å²) < 4.78 is 5.58. The minimum atomic E-state index is 0.703. The van der Waals surface area contributed by atoms with Crippen molar-refractivity contribution in [3.05, 3.63) is 48.3 Å². The predicted molar refractivity (Wildman–Crippen MR) is 57.9 cm³/mol. The number of nitrogens with zero attached hydrogens (tertiary/aromatic N) is 2. The first-order chi connectivity index (χ1) is 7.38. The van der Waals surface area contributed by atoms with E-state index in [-0.39, 0.29) is 0 Å². The molecule has 0 atom stereocenters. The van der Waals surface area contributed by atoms with Gasteiger partial charge in [-0.15, -0.1) is 0 Å². The Kier molecular flexibility index (Phi) is 2.93. The molecule has 3 heteroatoms. The standard InChI is InChI=1S/C12H12N2O/c1-2-10-3-5-11(6-4-10)15-12-7-8-13-14-9-12/h3-9H,2H2,1H3. The van der Waals surface area contributed by atoms with Crippen LogP contribution in [0, 0.1) is 0 Å². The van der Waals surface area contributed by atoms with Gasteiger partial charge in [-0.2, -0.15) is 10.2 Å². The SMILES string of the molecule is CCc1ccc(Oc2ccnnc2)cc1. The van der Waals surface area contributed by atoms with Crippen molar-refractivity contribution in [1.82, 2.24) is 10.2 Å². The lowest BCUT2D eigenvalue weighted by molar-refractivity contribution is 0.478. The molecule has 0 N–H and O–H groups in total. The summed E-state index contributed by atoms with van der Waals surface area (Å²) in [5.41, 5.74) is 1.30. The molecule has 0 saturated heterocycles. The van der Waals surface area contributed by atoms with Crippen LogP contribution in [0.1, 0.15) is 12.5 Å². The lowest BCUT2D eigenvalue weighted by Crippen LogP contribution is -1.87. The van der Waals surface area contributed by atoms with E-state index in [0.717, 1.165) is 12.2 Å². The predicted octanol–water partition coefficient (Wildman–Crippen LogP) is 2.83. The third-order valence-corrected chi connectivity index (χ3v) is 2.12. The van der Waals surface area contributed by atoms with E-state index in [1.807, 2.05) is 12.1 Å². The van der Waals surface area contributed by atoms with Crippen molar-refractivity contribution in [2.24, 2.45) is 0 Å². The Hall–Kier alpha value is -1.90. The molecule has 0 radical (unpaired) electrons. The van der Waals surface area contributed by atoms with Crippen molar-refractivity contribution in [2.45, 2.75) is 13.3 Å². The third kappa shape index (κ3) is 2.53. The van der Waals surface area contributed by atoms with E-state index in [2.05, 4.69) is 29.3 Å². The Balaban J connectivity index is 2.11. The highest BCUT2D eigenvalue weighted by Crippen LogP contribution is 2.19. The summed E-state index contributed by atoms with van der Waals surface area (Å²) in [5, 5.41) is 7.42. The fourth-order valence-corrected chi connectivity index (χ4v) is 1.27. The van der Waals surface area contributed by atoms with Crippen LogP contribution in [0.2, 0.25) is 0 Å². The molecule has 0 amide bonds. The Morgan fingerprint density at radius 3 is 2.40 bits per heavy atom. The van der Waals surface area contributed by atoms with Crippen LogP contribution in [-0.4, -0.2) is 10.2 Å². The normalized spacial score (nSPS) is 9.93. The molecule has 2 rings (SSSR count). The minimum Gasteiger partial charge on any atom is -0.456 e. The summed E-state index contributed by atoms with van der Waals surface area (Å²) in [4.78, 5) is 0. The van der Waals surface area contributed by atoms with Gasteiger partial charge in [0.2, 0.25) is 0 Å². The largest absolute Gasteiger partial charge is 0.456 e. The topological polar surface area (TPSA) is 35.0 Å². The molecular formula is C12H12N2O. The minimum absolute atomic E-state index is 0.703. The van der Waals surface area contributed by atoms with Crippen LogP contribution in [0.3, 0.4) is 0 Å². The van der Waals surface area contributed by atoms with Gasteiger partial charge < -0.3 is 4.74 Å². The van der Waals surface area contributed by atoms with E-state index in [0.29, 0.717) is 5.75 Å². The summed E-state index contributed by atoms with van der Waals surface area (Å²) in [6, 6.07) is 9.81. The van der Waals surface area contributed by atoms with Gasteiger partial charge in [0.1, 0.15) is 11.5 Å². The van der Waals surface area contributed by atoms with Crippen molar-refractivity contribution < 1.29 is 4.74 Å². The van der Waals surface area contributed by atoms with Gasteiger partial charge in [0.05, 0.1) is 12.4 Å². The number of ether oxygens (including phenoxy) is 1. The van der Waals surface area contributed by atoms with Crippen molar-refractivity contribution in [3.63, 3.8) is 0 Å². The van der Waals surface area contributed by atoms with Crippen LogP contribution in [-0.2, 0) is 6.42 Å². The number of hydrogen-bond donors (Lipinski definition) is 0. The Labute approximate surface area is 88.7 Å². The Morgan fingerprint density at radius 1 is 1.00 bits per heavy atom. The summed E-state index contributed by atoms with van der Waals surface area (Å²) in [7, 11) is 0. The number of aryl methyl sites for hydroxylation is 1. The zero-order valence-electron chi connectivity index (χ0n) is 8.55. The molecule has 0 fully saturated rings. The van der Waals surface area contributed by atoms with Crippen molar-refractivity contribution in [2.75, 3.05) is 0 Å². The van der Waals surface area contributed by atoms with E-state index in [9.17, 15) is 0 Å². The molecule has 0 aliphatic heterocycles. The molecule has 0 unspecified atom stereocenters. The number of rotatable bonds is 3. The highest BCUT2D eigenvalue weighted by Gasteiger charge is 1.96. The van der Waals surface area contributed by atoms with Crippen LogP contribution >= 0.6 is 0 Å². The quantitative estimate of drug-likeness (QED) is 0.764. The molecule has 0 aliphatic carbocycles. The van der Waals surface area contributed by atoms with Gasteiger partial charge in [0.15, 0.2) is 0 Å². The number of benzene rings is 1. The van der Waals surface area contributed by atoms with E-state index in [1.165, 1.54) is 5.56 Å². The van der Waals surface area contributed by atoms with Crippen molar-refractivity contribution in [3.8, 4) is 11.5 Å². The second-order valence-corrected chi connectivity index (χ2v) is 3.18. The zero-order chi connectivity index (χ0) is 10.5. The first kappa shape index (κ1) is 9.65. The van der Waals surface area contributed by atoms with Gasteiger partial charge in [0, 0.05) is 6.07 Å². The molecule has 0 bridgehead atoms. The number of aromatic nitrogens is 2. The lowest BCUT2D eigenvalue weighted by atomic mass is 10.2. The summed E-state index contributed by atoms with van der Waals surface area (Å²) in [5.74, 6) is 1.52. The van der Waals surface area contributed by atoms with Crippen LogP contribution in [0.5, 0.6) is 11.5 Å². The maximum Gasteiger partial charge on any atom is 0.149 e. The van der Waals surface area contributed by atoms with Crippen LogP contribution in [0.4, 0.5) is 0 Å². The lowest BCUT2D eigenvalue weighted by Gasteiger charge is -2.04. The smallest absolute Gasteiger partial charge is 0.149 e. The fourth-order valence-electron chi connectivity index (χ4n) is 1.27. The number of hydrogen-bond acceptors (Lipinski definition) is 3. The summed E-state index contributed by atoms with van der Waals surface area (Å²) in [6.45, 7) is 2.13.